The molecule has 1 unspecified atom stereocenters. The number of hydrogen-bond acceptors (Lipinski definition) is 6. The Labute approximate surface area is 184 Å². The van der Waals surface area contributed by atoms with Crippen LogP contribution in [0, 0.1) is 6.92 Å². The van der Waals surface area contributed by atoms with Crippen LogP contribution in [0.5, 0.6) is 5.75 Å². The highest BCUT2D eigenvalue weighted by Crippen LogP contribution is 2.29. The smallest absolute Gasteiger partial charge is 0.182 e. The van der Waals surface area contributed by atoms with Gasteiger partial charge in [-0.15, -0.1) is 0 Å². The maximum absolute atomic E-state index is 11.3. The number of aromatic hydroxyl groups is 1. The molecule has 0 aliphatic carbocycles. The zero-order chi connectivity index (χ0) is 23.1. The minimum absolute atomic E-state index is 0.136. The molecule has 168 valence electrons. The summed E-state index contributed by atoms with van der Waals surface area (Å²) in [6.45, 7) is 3.72. The van der Waals surface area contributed by atoms with Crippen LogP contribution in [0.1, 0.15) is 36.5 Å². The largest absolute Gasteiger partial charge is 0.754 e. The van der Waals surface area contributed by atoms with Gasteiger partial charge in [-0.1, -0.05) is 13.0 Å². The van der Waals surface area contributed by atoms with E-state index in [1.165, 1.54) is 0 Å². The Morgan fingerprint density at radius 2 is 2.06 bits per heavy atom. The molecule has 0 bridgehead atoms. The molecule has 10 nitrogen and oxygen atoms in total. The normalized spacial score (nSPS) is 15.0. The Kier molecular flexibility index (Phi) is 8.34. The number of aryl methyl sites for hydroxylation is 1. The molecule has 0 saturated heterocycles. The number of para-hydroxylation sites is 1. The van der Waals surface area contributed by atoms with Crippen molar-refractivity contribution in [2.45, 2.75) is 26.3 Å². The summed E-state index contributed by atoms with van der Waals surface area (Å²) in [4.78, 5) is 10.3. The van der Waals surface area contributed by atoms with Gasteiger partial charge in [-0.3, -0.25) is 14.2 Å². The zero-order valence-corrected chi connectivity index (χ0v) is 18.9. The van der Waals surface area contributed by atoms with Gasteiger partial charge < -0.3 is 30.0 Å². The molecule has 4 N–H and O–H groups in total. The van der Waals surface area contributed by atoms with Crippen molar-refractivity contribution >= 4 is 34.5 Å². The van der Waals surface area contributed by atoms with Gasteiger partial charge in [0.2, 0.25) is 0 Å². The Morgan fingerprint density at radius 3 is 2.58 bits per heavy atom. The number of nitrogens with zero attached hydrogens (tertiary/aromatic N) is 4. The van der Waals surface area contributed by atoms with Crippen LogP contribution < -0.4 is 11.1 Å². The first-order chi connectivity index (χ1) is 14.7. The molecule has 2 atom stereocenters. The van der Waals surface area contributed by atoms with Crippen molar-refractivity contribution in [3.8, 4) is 5.75 Å². The molecule has 2 rings (SSSR count). The molecule has 1 aromatic heterocycles. The lowest BCUT2D eigenvalue weighted by molar-refractivity contribution is 0.442. The van der Waals surface area contributed by atoms with Crippen LogP contribution in [-0.4, -0.2) is 57.4 Å². The molecule has 2 aromatic rings. The van der Waals surface area contributed by atoms with Gasteiger partial charge in [0.15, 0.2) is 11.7 Å². The van der Waals surface area contributed by atoms with Crippen molar-refractivity contribution < 1.29 is 18.3 Å². The summed E-state index contributed by atoms with van der Waals surface area (Å²) >= 11 is -2.80. The van der Waals surface area contributed by atoms with Gasteiger partial charge in [0.25, 0.3) is 0 Å². The van der Waals surface area contributed by atoms with Crippen molar-refractivity contribution in [3.05, 3.63) is 47.4 Å². The molecule has 1 heterocycles. The van der Waals surface area contributed by atoms with Gasteiger partial charge >= 0.3 is 0 Å². The molecule has 0 amide bonds. The number of phenolic OH excluding ortho intramolecular Hbond substituents is 1. The molecule has 0 saturated carbocycles. The molecule has 0 aliphatic heterocycles. The van der Waals surface area contributed by atoms with Crippen molar-refractivity contribution in [1.29, 1.82) is 0 Å². The van der Waals surface area contributed by atoms with Crippen LogP contribution in [0.3, 0.4) is 0 Å². The van der Waals surface area contributed by atoms with Gasteiger partial charge in [0.05, 0.1) is 22.5 Å². The van der Waals surface area contributed by atoms with Gasteiger partial charge in [-0.05, 0) is 37.6 Å². The first kappa shape index (κ1) is 24.1. The number of anilines is 1. The maximum atomic E-state index is 11.3. The molecule has 31 heavy (non-hydrogen) atoms. The number of furan rings is 1. The first-order valence-corrected chi connectivity index (χ1v) is 10.5. The van der Waals surface area contributed by atoms with Crippen LogP contribution in [0.2, 0.25) is 0 Å². The highest BCUT2D eigenvalue weighted by molar-refractivity contribution is 7.78. The lowest BCUT2D eigenvalue weighted by Crippen LogP contribution is -2.32. The molecule has 0 radical (unpaired) electrons. The van der Waals surface area contributed by atoms with Crippen LogP contribution in [0.15, 0.2) is 49.1 Å². The topological polar surface area (TPSA) is 152 Å². The average Bonchev–Trinajstić information content (AvgIpc) is 3.14. The van der Waals surface area contributed by atoms with Crippen molar-refractivity contribution in [3.63, 3.8) is 0 Å². The van der Waals surface area contributed by atoms with Gasteiger partial charge in [0, 0.05) is 21.1 Å². The fourth-order valence-corrected chi connectivity index (χ4v) is 3.23. The summed E-state index contributed by atoms with van der Waals surface area (Å²) in [6, 6.07) is 8.11. The van der Waals surface area contributed by atoms with E-state index in [1.54, 1.807) is 50.3 Å². The minimum atomic E-state index is -2.80. The highest BCUT2D eigenvalue weighted by Gasteiger charge is 2.18. The highest BCUT2D eigenvalue weighted by atomic mass is 32.2. The first-order valence-electron chi connectivity index (χ1n) is 9.49. The second-order valence-electron chi connectivity index (χ2n) is 6.81. The van der Waals surface area contributed by atoms with E-state index in [2.05, 4.69) is 19.7 Å². The molecule has 11 heteroatoms. The van der Waals surface area contributed by atoms with Gasteiger partial charge in [0.1, 0.15) is 29.1 Å². The SMILES string of the molecule is CC[C@@H](N=C(N)C(=NS(=O)[O-])Nc1cccc(C(=NC)N(C)C)c1O)c1ccc(C)o1. The van der Waals surface area contributed by atoms with Gasteiger partial charge in [-0.2, -0.15) is 4.40 Å². The van der Waals surface area contributed by atoms with E-state index >= 15 is 0 Å². The van der Waals surface area contributed by atoms with E-state index < -0.39 is 17.3 Å². The number of phenols is 1. The Balaban J connectivity index is 2.44. The molecule has 0 spiro atoms. The van der Waals surface area contributed by atoms with Crippen molar-refractivity contribution in [1.82, 2.24) is 4.90 Å². The summed E-state index contributed by atoms with van der Waals surface area (Å²) < 4.78 is 31.7. The summed E-state index contributed by atoms with van der Waals surface area (Å²) in [5.74, 6) is 1.36. The maximum Gasteiger partial charge on any atom is 0.182 e. The number of nitrogens with one attached hydrogen (secondary N) is 1. The fourth-order valence-electron chi connectivity index (χ4n) is 2.94. The van der Waals surface area contributed by atoms with Crippen LogP contribution >= 0.6 is 0 Å². The molecular weight excluding hydrogens is 420 g/mol. The number of aliphatic imine (C=N–C) groups is 2. The molecule has 0 fully saturated rings. The molecule has 0 aliphatic rings. The zero-order valence-electron chi connectivity index (χ0n) is 18.1. The van der Waals surface area contributed by atoms with E-state index in [1.807, 2.05) is 19.9 Å². The third-order valence-corrected chi connectivity index (χ3v) is 4.68. The minimum Gasteiger partial charge on any atom is -0.754 e. The van der Waals surface area contributed by atoms with Crippen LogP contribution in [0.25, 0.3) is 0 Å². The summed E-state index contributed by atoms with van der Waals surface area (Å²) in [6.07, 6.45) is 0.571. The number of rotatable bonds is 6. The van der Waals surface area contributed by atoms with Crippen LogP contribution in [0.4, 0.5) is 5.69 Å². The van der Waals surface area contributed by atoms with Crippen molar-refractivity contribution in [2.75, 3.05) is 26.5 Å². The lowest BCUT2D eigenvalue weighted by Gasteiger charge is -2.19. The van der Waals surface area contributed by atoms with E-state index in [0.29, 0.717) is 23.6 Å². The third-order valence-electron chi connectivity index (χ3n) is 4.35. The van der Waals surface area contributed by atoms with E-state index in [-0.39, 0.29) is 23.1 Å². The number of hydrogen-bond donors (Lipinski definition) is 3. The predicted molar refractivity (Wildman–Crippen MR) is 122 cm³/mol. The monoisotopic (exact) mass is 447 g/mol. The number of amidine groups is 3. The van der Waals surface area contributed by atoms with E-state index in [4.69, 9.17) is 10.2 Å². The Bertz CT molecular complexity index is 1030. The van der Waals surface area contributed by atoms with Gasteiger partial charge in [-0.25, -0.2) is 0 Å². The summed E-state index contributed by atoms with van der Waals surface area (Å²) in [5.41, 5.74) is 6.74. The summed E-state index contributed by atoms with van der Waals surface area (Å²) in [5, 5.41) is 13.5. The second-order valence-corrected chi connectivity index (χ2v) is 7.43. The third kappa shape index (κ3) is 6.15. The number of benzene rings is 1. The summed E-state index contributed by atoms with van der Waals surface area (Å²) in [7, 11) is 5.19. The molecule has 1 aromatic carbocycles. The second kappa shape index (κ2) is 10.7. The lowest BCUT2D eigenvalue weighted by atomic mass is 10.1. The fraction of sp³-hybridized carbons (Fsp3) is 0.350. The Morgan fingerprint density at radius 1 is 1.35 bits per heavy atom. The van der Waals surface area contributed by atoms with E-state index in [9.17, 15) is 13.9 Å². The van der Waals surface area contributed by atoms with E-state index in [0.717, 1.165) is 5.76 Å². The Hall–Kier alpha value is -3.18. The van der Waals surface area contributed by atoms with Crippen molar-refractivity contribution in [2.24, 2.45) is 20.1 Å². The standard InChI is InChI=1S/C20H28N6O4S/c1-6-14(16-11-10-12(2)30-16)23-18(21)19(25-31(28)29)24-15-9-7-8-13(17(15)27)20(22-3)26(4)5/h7-11,14,27H,6H2,1-5H3,(H2,21,23)(H,24,25)(H,28,29)/p-1/t14-/m1/s1. The predicted octanol–water partition coefficient (Wildman–Crippen LogP) is 2.34. The number of nitrogens with two attached hydrogens (primary N) is 1. The van der Waals surface area contributed by atoms with Crippen LogP contribution in [-0.2, 0) is 11.3 Å². The quantitative estimate of drug-likeness (QED) is 0.266. The molecular formula is C20H27N6O4S-. The average molecular weight is 448 g/mol.